The van der Waals surface area contributed by atoms with Crippen LogP contribution in [0.25, 0.3) is 46.6 Å². The number of allylic oxidation sites excluding steroid dienone is 4. The van der Waals surface area contributed by atoms with Crippen LogP contribution in [0.15, 0.2) is 235 Å². The Morgan fingerprint density at radius 2 is 0.762 bits per heavy atom. The number of hydrogen-bond acceptors (Lipinski definition) is 3. The van der Waals surface area contributed by atoms with Gasteiger partial charge in [0.25, 0.3) is 0 Å². The number of nitrogens with zero attached hydrogens (tertiary/aromatic N) is 2. The molecule has 0 unspecified atom stereocenters. The fraction of sp³-hybridized carbons (Fsp3) is 0.0333. The molecule has 0 fully saturated rings. The van der Waals surface area contributed by atoms with Crippen LogP contribution in [0.2, 0.25) is 0 Å². The average molecular weight is 813 g/mol. The number of furan rings is 1. The summed E-state index contributed by atoms with van der Waals surface area (Å²) in [5.41, 5.74) is 15.5. The molecule has 1 heterocycles. The quantitative estimate of drug-likeness (QED) is 0.108. The van der Waals surface area contributed by atoms with Gasteiger partial charge in [-0.2, -0.15) is 0 Å². The Balaban J connectivity index is 0.972. The predicted molar refractivity (Wildman–Crippen MR) is 270 cm³/mol. The average Bonchev–Trinajstić information content (AvgIpc) is 3.76. The van der Waals surface area contributed by atoms with Crippen LogP contribution in [0.3, 0.4) is 0 Å². The molecule has 0 spiro atoms. The molecule has 1 aromatic heterocycles. The van der Waals surface area contributed by atoms with Crippen molar-refractivity contribution in [3.63, 3.8) is 0 Å². The molecule has 0 saturated carbocycles. The van der Waals surface area contributed by atoms with E-state index in [1.165, 1.54) is 22.3 Å². The lowest BCUT2D eigenvalue weighted by Gasteiger charge is -2.27. The van der Waals surface area contributed by atoms with Gasteiger partial charge in [-0.15, -0.1) is 0 Å². The van der Waals surface area contributed by atoms with E-state index in [-0.39, 0.29) is 0 Å². The summed E-state index contributed by atoms with van der Waals surface area (Å²) in [6, 6.07) is 72.4. The second-order valence-electron chi connectivity index (χ2n) is 15.6. The lowest BCUT2D eigenvalue weighted by Crippen LogP contribution is -2.11. The number of aryl methyl sites for hydroxylation is 2. The summed E-state index contributed by atoms with van der Waals surface area (Å²) in [4.78, 5) is 4.64. The molecular formula is C60H48N2O. The molecule has 9 rings (SSSR count). The maximum Gasteiger partial charge on any atom is 0.135 e. The van der Waals surface area contributed by atoms with Gasteiger partial charge in [0.15, 0.2) is 0 Å². The van der Waals surface area contributed by atoms with E-state index in [9.17, 15) is 0 Å². The van der Waals surface area contributed by atoms with Crippen LogP contribution >= 0.6 is 0 Å². The number of anilines is 6. The standard InChI is InChI=1S/C60H48N2O/c1-45-41-49(25-17-15-23-47-19-7-3-8-20-47)31-38-57(45)61(53-27-11-5-12-28-53)55-35-33-51(34-36-55)60-44-52-43-56(37-40-59(52)63-60)62(54-29-13-6-14-30-54)58-39-32-50(42-46(58)2)26-18-16-24-48-21-9-4-10-22-48/h3-44H,1-2H3. The van der Waals surface area contributed by atoms with Gasteiger partial charge in [0, 0.05) is 45.1 Å². The maximum absolute atomic E-state index is 6.53. The van der Waals surface area contributed by atoms with Crippen LogP contribution in [0, 0.1) is 13.8 Å². The fourth-order valence-electron chi connectivity index (χ4n) is 7.96. The van der Waals surface area contributed by atoms with E-state index in [2.05, 4.69) is 266 Å². The van der Waals surface area contributed by atoms with Crippen molar-refractivity contribution in [3.05, 3.63) is 264 Å². The lowest BCUT2D eigenvalue weighted by molar-refractivity contribution is 0.631. The Labute approximate surface area is 371 Å². The first kappa shape index (κ1) is 40.3. The van der Waals surface area contributed by atoms with E-state index in [1.54, 1.807) is 0 Å². The number of hydrogen-bond donors (Lipinski definition) is 0. The molecule has 0 N–H and O–H groups in total. The number of benzene rings is 8. The highest BCUT2D eigenvalue weighted by molar-refractivity contribution is 5.90. The Kier molecular flexibility index (Phi) is 12.2. The van der Waals surface area contributed by atoms with E-state index in [0.29, 0.717) is 0 Å². The molecule has 0 aliphatic heterocycles. The molecule has 3 heteroatoms. The van der Waals surface area contributed by atoms with E-state index in [4.69, 9.17) is 4.42 Å². The van der Waals surface area contributed by atoms with Gasteiger partial charge in [-0.3, -0.25) is 0 Å². The third-order valence-corrected chi connectivity index (χ3v) is 11.1. The van der Waals surface area contributed by atoms with Crippen molar-refractivity contribution < 1.29 is 4.42 Å². The molecule has 0 saturated heterocycles. The van der Waals surface area contributed by atoms with Crippen LogP contribution in [0.4, 0.5) is 34.1 Å². The van der Waals surface area contributed by atoms with Gasteiger partial charge in [0.05, 0.1) is 0 Å². The van der Waals surface area contributed by atoms with Crippen molar-refractivity contribution in [2.24, 2.45) is 0 Å². The Hall–Kier alpha value is -8.14. The summed E-state index contributed by atoms with van der Waals surface area (Å²) >= 11 is 0. The SMILES string of the molecule is Cc1cc(C=CC=Cc2ccccc2)ccc1N(c1ccccc1)c1ccc(-c2cc3cc(N(c4ccccc4)c4ccc(C=CC=Cc5ccccc5)cc4C)ccc3o2)cc1. The summed E-state index contributed by atoms with van der Waals surface area (Å²) in [6.45, 7) is 4.36. The Morgan fingerprint density at radius 3 is 1.24 bits per heavy atom. The van der Waals surface area contributed by atoms with Gasteiger partial charge in [-0.05, 0) is 144 Å². The molecule has 0 aliphatic rings. The topological polar surface area (TPSA) is 19.6 Å². The van der Waals surface area contributed by atoms with Crippen molar-refractivity contribution in [1.82, 2.24) is 0 Å². The minimum atomic E-state index is 0.827. The normalized spacial score (nSPS) is 11.7. The highest BCUT2D eigenvalue weighted by Crippen LogP contribution is 2.41. The zero-order chi connectivity index (χ0) is 42.8. The molecule has 304 valence electrons. The van der Waals surface area contributed by atoms with E-state index in [1.807, 2.05) is 12.1 Å². The van der Waals surface area contributed by atoms with Crippen LogP contribution in [0.1, 0.15) is 33.4 Å². The molecule has 63 heavy (non-hydrogen) atoms. The second kappa shape index (κ2) is 19.1. The number of fused-ring (bicyclic) bond motifs is 1. The van der Waals surface area contributed by atoms with E-state index in [0.717, 1.165) is 67.5 Å². The van der Waals surface area contributed by atoms with Crippen molar-refractivity contribution in [2.75, 3.05) is 9.80 Å². The summed E-state index contributed by atoms with van der Waals surface area (Å²) in [7, 11) is 0. The van der Waals surface area contributed by atoms with Gasteiger partial charge in [0.1, 0.15) is 11.3 Å². The molecule has 9 aromatic rings. The first-order valence-electron chi connectivity index (χ1n) is 21.4. The largest absolute Gasteiger partial charge is 0.456 e. The molecule has 0 amide bonds. The third-order valence-electron chi connectivity index (χ3n) is 11.1. The predicted octanol–water partition coefficient (Wildman–Crippen LogP) is 17.1. The summed E-state index contributed by atoms with van der Waals surface area (Å²) in [6.07, 6.45) is 16.9. The van der Waals surface area contributed by atoms with Crippen molar-refractivity contribution in [1.29, 1.82) is 0 Å². The molecule has 0 aliphatic carbocycles. The minimum absolute atomic E-state index is 0.827. The summed E-state index contributed by atoms with van der Waals surface area (Å²) in [5.74, 6) is 0.827. The zero-order valence-electron chi connectivity index (χ0n) is 35.6. The van der Waals surface area contributed by atoms with Crippen molar-refractivity contribution >= 4 is 69.4 Å². The monoisotopic (exact) mass is 812 g/mol. The zero-order valence-corrected chi connectivity index (χ0v) is 35.6. The Morgan fingerprint density at radius 1 is 0.349 bits per heavy atom. The second-order valence-corrected chi connectivity index (χ2v) is 15.6. The van der Waals surface area contributed by atoms with E-state index >= 15 is 0 Å². The number of rotatable bonds is 13. The molecule has 0 atom stereocenters. The van der Waals surface area contributed by atoms with Crippen molar-refractivity contribution in [2.45, 2.75) is 13.8 Å². The first-order valence-corrected chi connectivity index (χ1v) is 21.4. The van der Waals surface area contributed by atoms with Crippen LogP contribution < -0.4 is 9.80 Å². The van der Waals surface area contributed by atoms with Gasteiger partial charge < -0.3 is 14.2 Å². The fourth-order valence-corrected chi connectivity index (χ4v) is 7.96. The smallest absolute Gasteiger partial charge is 0.135 e. The highest BCUT2D eigenvalue weighted by atomic mass is 16.3. The number of para-hydroxylation sites is 2. The van der Waals surface area contributed by atoms with Crippen molar-refractivity contribution in [3.8, 4) is 11.3 Å². The van der Waals surface area contributed by atoms with Gasteiger partial charge >= 0.3 is 0 Å². The third kappa shape index (κ3) is 9.60. The Bertz CT molecular complexity index is 3050. The van der Waals surface area contributed by atoms with Gasteiger partial charge in [-0.1, -0.05) is 158 Å². The summed E-state index contributed by atoms with van der Waals surface area (Å²) in [5, 5.41) is 1.04. The molecule has 0 bridgehead atoms. The highest BCUT2D eigenvalue weighted by Gasteiger charge is 2.18. The lowest BCUT2D eigenvalue weighted by atomic mass is 10.1. The van der Waals surface area contributed by atoms with Gasteiger partial charge in [-0.25, -0.2) is 0 Å². The maximum atomic E-state index is 6.53. The van der Waals surface area contributed by atoms with Crippen LogP contribution in [-0.2, 0) is 0 Å². The molecule has 8 aromatic carbocycles. The molecule has 0 radical (unpaired) electrons. The van der Waals surface area contributed by atoms with E-state index < -0.39 is 0 Å². The summed E-state index contributed by atoms with van der Waals surface area (Å²) < 4.78 is 6.53. The van der Waals surface area contributed by atoms with Gasteiger partial charge in [0.2, 0.25) is 0 Å². The minimum Gasteiger partial charge on any atom is -0.456 e. The first-order chi connectivity index (χ1) is 31.1. The molecular weight excluding hydrogens is 765 g/mol. The van der Waals surface area contributed by atoms with Crippen LogP contribution in [-0.4, -0.2) is 0 Å². The molecule has 3 nitrogen and oxygen atoms in total. The van der Waals surface area contributed by atoms with Crippen LogP contribution in [0.5, 0.6) is 0 Å².